The minimum absolute atomic E-state index is 0.0650. The fourth-order valence-electron chi connectivity index (χ4n) is 2.01. The van der Waals surface area contributed by atoms with Gasteiger partial charge in [-0.2, -0.15) is 0 Å². The predicted molar refractivity (Wildman–Crippen MR) is 69.1 cm³/mol. The van der Waals surface area contributed by atoms with E-state index in [1.54, 1.807) is 6.20 Å². The third-order valence-electron chi connectivity index (χ3n) is 3.08. The van der Waals surface area contributed by atoms with E-state index in [-0.39, 0.29) is 11.8 Å². The molecular formula is C12H19N5O. The molecule has 2 heterocycles. The average molecular weight is 249 g/mol. The molecule has 0 saturated carbocycles. The van der Waals surface area contributed by atoms with Crippen LogP contribution in [0.2, 0.25) is 0 Å². The van der Waals surface area contributed by atoms with Gasteiger partial charge in [0.25, 0.3) is 5.91 Å². The summed E-state index contributed by atoms with van der Waals surface area (Å²) in [6.45, 7) is 5.58. The number of hydrazine groups is 1. The van der Waals surface area contributed by atoms with Crippen LogP contribution in [0, 0.1) is 0 Å². The summed E-state index contributed by atoms with van der Waals surface area (Å²) in [5, 5.41) is 0. The minimum Gasteiger partial charge on any atom is -0.337 e. The summed E-state index contributed by atoms with van der Waals surface area (Å²) in [5.74, 6) is 6.19. The van der Waals surface area contributed by atoms with Gasteiger partial charge in [0.05, 0.1) is 11.9 Å². The van der Waals surface area contributed by atoms with Crippen LogP contribution in [-0.4, -0.2) is 33.9 Å². The second-order valence-electron chi connectivity index (χ2n) is 4.79. The van der Waals surface area contributed by atoms with Crippen LogP contribution in [0.15, 0.2) is 6.20 Å². The van der Waals surface area contributed by atoms with E-state index in [1.807, 2.05) is 18.7 Å². The Morgan fingerprint density at radius 3 is 2.67 bits per heavy atom. The summed E-state index contributed by atoms with van der Waals surface area (Å²) in [7, 11) is 0. The molecule has 0 aliphatic carbocycles. The highest BCUT2D eigenvalue weighted by Gasteiger charge is 2.24. The van der Waals surface area contributed by atoms with Crippen molar-refractivity contribution in [2.24, 2.45) is 5.84 Å². The van der Waals surface area contributed by atoms with Crippen molar-refractivity contribution >= 4 is 11.6 Å². The van der Waals surface area contributed by atoms with E-state index in [1.165, 1.54) is 0 Å². The van der Waals surface area contributed by atoms with Crippen molar-refractivity contribution in [3.05, 3.63) is 17.7 Å². The second kappa shape index (κ2) is 5.30. The first kappa shape index (κ1) is 12.8. The molecule has 1 aliphatic rings. The standard InChI is InChI=1S/C12H19N5O/c1-8(2)11-14-7-9(16-13)10(15-11)12(18)17-5-3-4-6-17/h7-8,16H,3-6,13H2,1-2H3. The molecule has 18 heavy (non-hydrogen) atoms. The van der Waals surface area contributed by atoms with Crippen molar-refractivity contribution in [2.45, 2.75) is 32.6 Å². The summed E-state index contributed by atoms with van der Waals surface area (Å²) in [4.78, 5) is 22.7. The van der Waals surface area contributed by atoms with Gasteiger partial charge in [-0.25, -0.2) is 9.97 Å². The zero-order chi connectivity index (χ0) is 13.1. The highest BCUT2D eigenvalue weighted by Crippen LogP contribution is 2.19. The first-order valence-corrected chi connectivity index (χ1v) is 6.26. The number of hydrogen-bond donors (Lipinski definition) is 2. The van der Waals surface area contributed by atoms with Crippen LogP contribution in [-0.2, 0) is 0 Å². The number of nitrogen functional groups attached to an aromatic ring is 1. The molecule has 1 amide bonds. The summed E-state index contributed by atoms with van der Waals surface area (Å²) in [5.41, 5.74) is 3.35. The number of anilines is 1. The Morgan fingerprint density at radius 1 is 1.44 bits per heavy atom. The van der Waals surface area contributed by atoms with Gasteiger partial charge in [-0.05, 0) is 12.8 Å². The lowest BCUT2D eigenvalue weighted by atomic mass is 10.2. The number of nitrogens with two attached hydrogens (primary N) is 1. The third-order valence-corrected chi connectivity index (χ3v) is 3.08. The Balaban J connectivity index is 2.33. The van der Waals surface area contributed by atoms with E-state index < -0.39 is 0 Å². The predicted octanol–water partition coefficient (Wildman–Crippen LogP) is 1.12. The molecule has 1 aromatic rings. The first-order chi connectivity index (χ1) is 8.63. The van der Waals surface area contributed by atoms with Crippen LogP contribution >= 0.6 is 0 Å². The number of hydrogen-bond acceptors (Lipinski definition) is 5. The molecule has 0 bridgehead atoms. The van der Waals surface area contributed by atoms with E-state index in [0.717, 1.165) is 25.9 Å². The fourth-order valence-corrected chi connectivity index (χ4v) is 2.01. The molecule has 0 spiro atoms. The van der Waals surface area contributed by atoms with Gasteiger partial charge in [-0.3, -0.25) is 10.6 Å². The van der Waals surface area contributed by atoms with E-state index in [4.69, 9.17) is 5.84 Å². The Morgan fingerprint density at radius 2 is 2.11 bits per heavy atom. The minimum atomic E-state index is -0.0650. The van der Waals surface area contributed by atoms with Gasteiger partial charge in [0.2, 0.25) is 0 Å². The van der Waals surface area contributed by atoms with Crippen molar-refractivity contribution in [3.8, 4) is 0 Å². The van der Waals surface area contributed by atoms with Gasteiger partial charge < -0.3 is 10.3 Å². The van der Waals surface area contributed by atoms with E-state index in [2.05, 4.69) is 15.4 Å². The van der Waals surface area contributed by atoms with Crippen LogP contribution in [0.3, 0.4) is 0 Å². The SMILES string of the molecule is CC(C)c1ncc(NN)c(C(=O)N2CCCC2)n1. The maximum atomic E-state index is 12.3. The van der Waals surface area contributed by atoms with Crippen molar-refractivity contribution in [3.63, 3.8) is 0 Å². The first-order valence-electron chi connectivity index (χ1n) is 6.26. The number of likely N-dealkylation sites (tertiary alicyclic amines) is 1. The quantitative estimate of drug-likeness (QED) is 0.619. The summed E-state index contributed by atoms with van der Waals surface area (Å²) < 4.78 is 0. The highest BCUT2D eigenvalue weighted by molar-refractivity contribution is 5.97. The number of amides is 1. The smallest absolute Gasteiger partial charge is 0.274 e. The molecule has 2 rings (SSSR count). The molecular weight excluding hydrogens is 230 g/mol. The second-order valence-corrected chi connectivity index (χ2v) is 4.79. The normalized spacial score (nSPS) is 15.2. The molecule has 3 N–H and O–H groups in total. The average Bonchev–Trinajstić information content (AvgIpc) is 2.90. The Bertz CT molecular complexity index is 440. The molecule has 0 unspecified atom stereocenters. The van der Waals surface area contributed by atoms with Gasteiger partial charge in [0, 0.05) is 19.0 Å². The maximum Gasteiger partial charge on any atom is 0.274 e. The van der Waals surface area contributed by atoms with Crippen molar-refractivity contribution in [1.29, 1.82) is 0 Å². The summed E-state index contributed by atoms with van der Waals surface area (Å²) >= 11 is 0. The topological polar surface area (TPSA) is 84.1 Å². The lowest BCUT2D eigenvalue weighted by Crippen LogP contribution is -2.30. The number of nitrogens with one attached hydrogen (secondary N) is 1. The molecule has 98 valence electrons. The number of rotatable bonds is 3. The zero-order valence-corrected chi connectivity index (χ0v) is 10.8. The van der Waals surface area contributed by atoms with Gasteiger partial charge >= 0.3 is 0 Å². The summed E-state index contributed by atoms with van der Waals surface area (Å²) in [6, 6.07) is 0. The van der Waals surface area contributed by atoms with Crippen LogP contribution in [0.5, 0.6) is 0 Å². The van der Waals surface area contributed by atoms with E-state index in [9.17, 15) is 4.79 Å². The lowest BCUT2D eigenvalue weighted by molar-refractivity contribution is 0.0787. The number of carbonyl (C=O) groups excluding carboxylic acids is 1. The largest absolute Gasteiger partial charge is 0.337 e. The number of nitrogens with zero attached hydrogens (tertiary/aromatic N) is 3. The molecule has 0 radical (unpaired) electrons. The highest BCUT2D eigenvalue weighted by atomic mass is 16.2. The van der Waals surface area contributed by atoms with Gasteiger partial charge in [0.1, 0.15) is 5.82 Å². The van der Waals surface area contributed by atoms with Gasteiger partial charge in [0.15, 0.2) is 5.69 Å². The molecule has 0 atom stereocenters. The van der Waals surface area contributed by atoms with Crippen LogP contribution < -0.4 is 11.3 Å². The number of aromatic nitrogens is 2. The van der Waals surface area contributed by atoms with E-state index >= 15 is 0 Å². The molecule has 0 aromatic carbocycles. The monoisotopic (exact) mass is 249 g/mol. The van der Waals surface area contributed by atoms with Crippen molar-refractivity contribution in [2.75, 3.05) is 18.5 Å². The van der Waals surface area contributed by atoms with Crippen LogP contribution in [0.4, 0.5) is 5.69 Å². The van der Waals surface area contributed by atoms with Crippen LogP contribution in [0.25, 0.3) is 0 Å². The zero-order valence-electron chi connectivity index (χ0n) is 10.8. The molecule has 1 aromatic heterocycles. The number of carbonyl (C=O) groups is 1. The molecule has 6 heteroatoms. The lowest BCUT2D eigenvalue weighted by Gasteiger charge is -2.17. The molecule has 1 aliphatic heterocycles. The maximum absolute atomic E-state index is 12.3. The fraction of sp³-hybridized carbons (Fsp3) is 0.583. The third kappa shape index (κ3) is 2.43. The van der Waals surface area contributed by atoms with Crippen LogP contribution in [0.1, 0.15) is 48.9 Å². The van der Waals surface area contributed by atoms with Gasteiger partial charge in [-0.15, -0.1) is 0 Å². The Labute approximate surface area is 107 Å². The summed E-state index contributed by atoms with van der Waals surface area (Å²) in [6.07, 6.45) is 3.68. The Kier molecular flexibility index (Phi) is 3.76. The Hall–Kier alpha value is -1.69. The van der Waals surface area contributed by atoms with Crippen molar-refractivity contribution < 1.29 is 4.79 Å². The molecule has 1 fully saturated rings. The molecule has 1 saturated heterocycles. The van der Waals surface area contributed by atoms with Gasteiger partial charge in [-0.1, -0.05) is 13.8 Å². The van der Waals surface area contributed by atoms with E-state index in [0.29, 0.717) is 17.2 Å². The molecule has 6 nitrogen and oxygen atoms in total. The van der Waals surface area contributed by atoms with Crippen molar-refractivity contribution in [1.82, 2.24) is 14.9 Å².